The number of anilines is 1. The van der Waals surface area contributed by atoms with Crippen LogP contribution in [0.3, 0.4) is 0 Å². The first-order chi connectivity index (χ1) is 7.79. The Morgan fingerprint density at radius 3 is 2.65 bits per heavy atom. The highest BCUT2D eigenvalue weighted by atomic mass is 35.5. The minimum absolute atomic E-state index is 0.265. The summed E-state index contributed by atoms with van der Waals surface area (Å²) < 4.78 is 52.1. The molecule has 94 valence electrons. The lowest BCUT2D eigenvalue weighted by Crippen LogP contribution is -2.23. The zero-order chi connectivity index (χ0) is 13.1. The topological polar surface area (TPSA) is 38.3 Å². The van der Waals surface area contributed by atoms with Crippen molar-refractivity contribution in [2.45, 2.75) is 6.18 Å². The largest absolute Gasteiger partial charge is 0.440 e. The lowest BCUT2D eigenvalue weighted by Gasteiger charge is -2.09. The molecule has 1 rings (SSSR count). The SMILES string of the molecule is O=C(Nc1cccc(Cl)c1F)OCC(F)(F)F. The van der Waals surface area contributed by atoms with Gasteiger partial charge in [0.25, 0.3) is 0 Å². The maximum atomic E-state index is 13.2. The van der Waals surface area contributed by atoms with Crippen LogP contribution in [0.4, 0.5) is 28.0 Å². The summed E-state index contributed by atoms with van der Waals surface area (Å²) in [6.45, 7) is -1.75. The lowest BCUT2D eigenvalue weighted by atomic mass is 10.3. The zero-order valence-electron chi connectivity index (χ0n) is 8.15. The second-order valence-corrected chi connectivity index (χ2v) is 3.32. The van der Waals surface area contributed by atoms with E-state index in [0.29, 0.717) is 0 Å². The van der Waals surface area contributed by atoms with Crippen molar-refractivity contribution in [2.75, 3.05) is 11.9 Å². The molecule has 3 nitrogen and oxygen atoms in total. The van der Waals surface area contributed by atoms with Gasteiger partial charge in [-0.1, -0.05) is 17.7 Å². The molecule has 8 heteroatoms. The van der Waals surface area contributed by atoms with Gasteiger partial charge in [0.1, 0.15) is 0 Å². The van der Waals surface area contributed by atoms with Crippen LogP contribution in [0, 0.1) is 5.82 Å². The summed E-state index contributed by atoms with van der Waals surface area (Å²) in [4.78, 5) is 10.9. The third kappa shape index (κ3) is 4.48. The van der Waals surface area contributed by atoms with Crippen LogP contribution in [0.15, 0.2) is 18.2 Å². The average Bonchev–Trinajstić information content (AvgIpc) is 2.21. The Labute approximate surface area is 98.3 Å². The van der Waals surface area contributed by atoms with Crippen LogP contribution in [-0.2, 0) is 4.74 Å². The Kier molecular flexibility index (Phi) is 4.17. The van der Waals surface area contributed by atoms with Crippen LogP contribution in [0.25, 0.3) is 0 Å². The van der Waals surface area contributed by atoms with E-state index in [-0.39, 0.29) is 10.7 Å². The molecule has 0 radical (unpaired) electrons. The molecule has 0 fully saturated rings. The van der Waals surface area contributed by atoms with Gasteiger partial charge in [-0.3, -0.25) is 5.32 Å². The minimum Gasteiger partial charge on any atom is -0.440 e. The summed E-state index contributed by atoms with van der Waals surface area (Å²) in [5, 5.41) is 1.54. The molecule has 0 atom stereocenters. The molecule has 0 aromatic heterocycles. The van der Waals surface area contributed by atoms with Crippen LogP contribution < -0.4 is 5.32 Å². The first-order valence-corrected chi connectivity index (χ1v) is 4.62. The Balaban J connectivity index is 2.60. The second kappa shape index (κ2) is 5.22. The summed E-state index contributed by atoms with van der Waals surface area (Å²) in [6.07, 6.45) is -6.05. The predicted molar refractivity (Wildman–Crippen MR) is 52.4 cm³/mol. The predicted octanol–water partition coefficient (Wildman–Crippen LogP) is 3.59. The van der Waals surface area contributed by atoms with Crippen molar-refractivity contribution in [2.24, 2.45) is 0 Å². The van der Waals surface area contributed by atoms with Crippen molar-refractivity contribution in [3.63, 3.8) is 0 Å². The fourth-order valence-electron chi connectivity index (χ4n) is 0.894. The molecule has 1 amide bonds. The van der Waals surface area contributed by atoms with E-state index < -0.39 is 24.7 Å². The van der Waals surface area contributed by atoms with E-state index >= 15 is 0 Å². The Morgan fingerprint density at radius 2 is 2.06 bits per heavy atom. The third-order valence-electron chi connectivity index (χ3n) is 1.56. The third-order valence-corrected chi connectivity index (χ3v) is 1.85. The molecule has 0 saturated carbocycles. The van der Waals surface area contributed by atoms with E-state index in [1.165, 1.54) is 12.1 Å². The number of hydrogen-bond acceptors (Lipinski definition) is 2. The van der Waals surface area contributed by atoms with E-state index in [0.717, 1.165) is 6.07 Å². The second-order valence-electron chi connectivity index (χ2n) is 2.92. The van der Waals surface area contributed by atoms with E-state index in [9.17, 15) is 22.4 Å². The number of ether oxygens (including phenoxy) is 1. The van der Waals surface area contributed by atoms with Crippen molar-refractivity contribution in [3.05, 3.63) is 29.0 Å². The van der Waals surface area contributed by atoms with Crippen LogP contribution >= 0.6 is 11.6 Å². The van der Waals surface area contributed by atoms with Gasteiger partial charge in [-0.25, -0.2) is 9.18 Å². The van der Waals surface area contributed by atoms with Gasteiger partial charge in [-0.15, -0.1) is 0 Å². The number of rotatable bonds is 2. The van der Waals surface area contributed by atoms with E-state index in [1.807, 2.05) is 0 Å². The maximum Gasteiger partial charge on any atom is 0.422 e. The van der Waals surface area contributed by atoms with Gasteiger partial charge in [0.05, 0.1) is 10.7 Å². The first kappa shape index (κ1) is 13.6. The summed E-state index contributed by atoms with van der Waals surface area (Å²) in [7, 11) is 0. The number of nitrogens with one attached hydrogen (secondary N) is 1. The summed E-state index contributed by atoms with van der Waals surface area (Å²) >= 11 is 5.40. The average molecular weight is 272 g/mol. The number of benzene rings is 1. The fraction of sp³-hybridized carbons (Fsp3) is 0.222. The van der Waals surface area contributed by atoms with Crippen LogP contribution in [0.5, 0.6) is 0 Å². The fourth-order valence-corrected chi connectivity index (χ4v) is 1.07. The van der Waals surface area contributed by atoms with Gasteiger partial charge in [-0.05, 0) is 12.1 Å². The van der Waals surface area contributed by atoms with Crippen molar-refractivity contribution in [3.8, 4) is 0 Å². The molecule has 0 saturated heterocycles. The van der Waals surface area contributed by atoms with Gasteiger partial charge in [0, 0.05) is 0 Å². The quantitative estimate of drug-likeness (QED) is 0.835. The van der Waals surface area contributed by atoms with Gasteiger partial charge >= 0.3 is 12.3 Å². The maximum absolute atomic E-state index is 13.2. The number of carbonyl (C=O) groups excluding carboxylic acids is 1. The molecule has 0 bridgehead atoms. The molecular weight excluding hydrogens is 266 g/mol. The molecule has 0 aliphatic rings. The van der Waals surface area contributed by atoms with Crippen LogP contribution in [0.2, 0.25) is 5.02 Å². The van der Waals surface area contributed by atoms with E-state index in [2.05, 4.69) is 4.74 Å². The normalized spacial score (nSPS) is 11.1. The van der Waals surface area contributed by atoms with Gasteiger partial charge in [0.15, 0.2) is 12.4 Å². The number of amides is 1. The molecule has 0 heterocycles. The molecule has 0 unspecified atom stereocenters. The Morgan fingerprint density at radius 1 is 1.41 bits per heavy atom. The number of alkyl halides is 3. The number of carbonyl (C=O) groups is 1. The van der Waals surface area contributed by atoms with Gasteiger partial charge in [0.2, 0.25) is 0 Å². The van der Waals surface area contributed by atoms with Gasteiger partial charge in [-0.2, -0.15) is 13.2 Å². The molecule has 0 aliphatic carbocycles. The van der Waals surface area contributed by atoms with Crippen molar-refractivity contribution < 1.29 is 27.1 Å². The summed E-state index contributed by atoms with van der Waals surface area (Å²) in [5.74, 6) is -0.946. The lowest BCUT2D eigenvalue weighted by molar-refractivity contribution is -0.159. The van der Waals surface area contributed by atoms with Crippen molar-refractivity contribution >= 4 is 23.4 Å². The monoisotopic (exact) mass is 271 g/mol. The highest BCUT2D eigenvalue weighted by Crippen LogP contribution is 2.22. The number of hydrogen-bond donors (Lipinski definition) is 1. The molecule has 1 aromatic rings. The van der Waals surface area contributed by atoms with Crippen LogP contribution in [0.1, 0.15) is 0 Å². The standard InChI is InChI=1S/C9H6ClF4NO2/c10-5-2-1-3-6(7(5)11)15-8(16)17-4-9(12,13)14/h1-3H,4H2,(H,15,16). The number of halogens is 5. The zero-order valence-corrected chi connectivity index (χ0v) is 8.90. The van der Waals surface area contributed by atoms with Gasteiger partial charge < -0.3 is 4.74 Å². The minimum atomic E-state index is -4.63. The molecule has 17 heavy (non-hydrogen) atoms. The first-order valence-electron chi connectivity index (χ1n) is 4.24. The van der Waals surface area contributed by atoms with Crippen molar-refractivity contribution in [1.82, 2.24) is 0 Å². The summed E-state index contributed by atoms with van der Waals surface area (Å²) in [5.41, 5.74) is -0.357. The summed E-state index contributed by atoms with van der Waals surface area (Å²) in [6, 6.07) is 3.68. The Bertz CT molecular complexity index is 422. The van der Waals surface area contributed by atoms with E-state index in [1.54, 1.807) is 5.32 Å². The highest BCUT2D eigenvalue weighted by Gasteiger charge is 2.29. The molecule has 0 spiro atoms. The molecule has 0 aliphatic heterocycles. The smallest absolute Gasteiger partial charge is 0.422 e. The van der Waals surface area contributed by atoms with E-state index in [4.69, 9.17) is 11.6 Å². The van der Waals surface area contributed by atoms with Crippen molar-refractivity contribution in [1.29, 1.82) is 0 Å². The van der Waals surface area contributed by atoms with Crippen LogP contribution in [-0.4, -0.2) is 18.9 Å². The molecule has 1 N–H and O–H groups in total. The highest BCUT2D eigenvalue weighted by molar-refractivity contribution is 6.31. The molecule has 1 aromatic carbocycles. The Hall–Kier alpha value is -1.50. The molecular formula is C9H6ClF4NO2.